The first-order chi connectivity index (χ1) is 11.6. The molecule has 1 heterocycles. The van der Waals surface area contributed by atoms with E-state index in [1.807, 2.05) is 18.2 Å². The standard InChI is InChI=1S/C18H24N2O3S/c1-4-5-11-15(17(21)22-3)24-18-20-19-16(23-18)12-13(2)14-9-7-6-8-10-14/h6-10,13,15H,4-5,11-12H2,1-3H3. The first-order valence-corrected chi connectivity index (χ1v) is 9.13. The van der Waals surface area contributed by atoms with E-state index in [4.69, 9.17) is 9.15 Å². The van der Waals surface area contributed by atoms with Crippen molar-refractivity contribution in [3.63, 3.8) is 0 Å². The van der Waals surface area contributed by atoms with Crippen LogP contribution in [0.1, 0.15) is 50.5 Å². The molecule has 6 heteroatoms. The summed E-state index contributed by atoms with van der Waals surface area (Å²) in [5.41, 5.74) is 1.24. The number of aromatic nitrogens is 2. The van der Waals surface area contributed by atoms with Crippen molar-refractivity contribution in [2.24, 2.45) is 0 Å². The third-order valence-corrected chi connectivity index (χ3v) is 4.90. The molecule has 0 aliphatic heterocycles. The van der Waals surface area contributed by atoms with Gasteiger partial charge in [-0.15, -0.1) is 10.2 Å². The number of methoxy groups -OCH3 is 1. The Morgan fingerprint density at radius 2 is 2.04 bits per heavy atom. The second-order valence-corrected chi connectivity index (χ2v) is 6.90. The highest BCUT2D eigenvalue weighted by Gasteiger charge is 2.23. The molecule has 1 aromatic carbocycles. The number of hydrogen-bond acceptors (Lipinski definition) is 6. The van der Waals surface area contributed by atoms with Gasteiger partial charge >= 0.3 is 5.97 Å². The molecule has 0 aliphatic carbocycles. The normalized spacial score (nSPS) is 13.5. The average molecular weight is 348 g/mol. The van der Waals surface area contributed by atoms with E-state index in [-0.39, 0.29) is 11.2 Å². The van der Waals surface area contributed by atoms with Gasteiger partial charge in [0.05, 0.1) is 7.11 Å². The Morgan fingerprint density at radius 1 is 1.29 bits per heavy atom. The maximum absolute atomic E-state index is 11.9. The van der Waals surface area contributed by atoms with Gasteiger partial charge in [-0.25, -0.2) is 0 Å². The summed E-state index contributed by atoms with van der Waals surface area (Å²) in [4.78, 5) is 11.9. The molecular weight excluding hydrogens is 324 g/mol. The molecule has 2 atom stereocenters. The molecule has 0 saturated heterocycles. The zero-order valence-electron chi connectivity index (χ0n) is 14.4. The van der Waals surface area contributed by atoms with Crippen molar-refractivity contribution >= 4 is 17.7 Å². The van der Waals surface area contributed by atoms with E-state index in [9.17, 15) is 4.79 Å². The van der Waals surface area contributed by atoms with Crippen LogP contribution in [0.3, 0.4) is 0 Å². The Kier molecular flexibility index (Phi) is 7.31. The average Bonchev–Trinajstić information content (AvgIpc) is 3.05. The Labute approximate surface area is 147 Å². The van der Waals surface area contributed by atoms with Crippen LogP contribution in [0, 0.1) is 0 Å². The van der Waals surface area contributed by atoms with Crippen LogP contribution in [0.25, 0.3) is 0 Å². The maximum Gasteiger partial charge on any atom is 0.319 e. The fourth-order valence-corrected chi connectivity index (χ4v) is 3.35. The van der Waals surface area contributed by atoms with Gasteiger partial charge in [0.25, 0.3) is 5.22 Å². The second kappa shape index (κ2) is 9.47. The minimum Gasteiger partial charge on any atom is -0.468 e. The quantitative estimate of drug-likeness (QED) is 0.499. The van der Waals surface area contributed by atoms with Crippen LogP contribution in [0.2, 0.25) is 0 Å². The first-order valence-electron chi connectivity index (χ1n) is 8.25. The molecule has 0 amide bonds. The molecule has 2 unspecified atom stereocenters. The van der Waals surface area contributed by atoms with Gasteiger partial charge in [-0.3, -0.25) is 4.79 Å². The number of carbonyl (C=O) groups is 1. The molecule has 24 heavy (non-hydrogen) atoms. The monoisotopic (exact) mass is 348 g/mol. The molecule has 2 rings (SSSR count). The maximum atomic E-state index is 11.9. The number of carbonyl (C=O) groups excluding carboxylic acids is 1. The van der Waals surface area contributed by atoms with Gasteiger partial charge in [0, 0.05) is 6.42 Å². The van der Waals surface area contributed by atoms with Crippen molar-refractivity contribution in [2.45, 2.75) is 55.9 Å². The molecule has 0 saturated carbocycles. The van der Waals surface area contributed by atoms with Crippen LogP contribution in [0.4, 0.5) is 0 Å². The third kappa shape index (κ3) is 5.37. The molecule has 0 fully saturated rings. The summed E-state index contributed by atoms with van der Waals surface area (Å²) in [6.45, 7) is 4.22. The van der Waals surface area contributed by atoms with Crippen LogP contribution in [0.5, 0.6) is 0 Å². The summed E-state index contributed by atoms with van der Waals surface area (Å²) >= 11 is 1.29. The Hall–Kier alpha value is -1.82. The molecule has 1 aromatic heterocycles. The van der Waals surface area contributed by atoms with Gasteiger partial charge in [0.2, 0.25) is 5.89 Å². The fraction of sp³-hybridized carbons (Fsp3) is 0.500. The Balaban J connectivity index is 1.97. The summed E-state index contributed by atoms with van der Waals surface area (Å²) in [6.07, 6.45) is 3.40. The minimum absolute atomic E-state index is 0.245. The first kappa shape index (κ1) is 18.5. The van der Waals surface area contributed by atoms with Crippen molar-refractivity contribution in [2.75, 3.05) is 7.11 Å². The van der Waals surface area contributed by atoms with E-state index in [1.165, 1.54) is 24.4 Å². The predicted octanol–water partition coefficient (Wildman–Crippen LogP) is 4.24. The van der Waals surface area contributed by atoms with Gasteiger partial charge in [-0.2, -0.15) is 0 Å². The fourth-order valence-electron chi connectivity index (χ4n) is 2.40. The van der Waals surface area contributed by atoms with Crippen molar-refractivity contribution < 1.29 is 13.9 Å². The highest BCUT2D eigenvalue weighted by atomic mass is 32.2. The SMILES string of the molecule is CCCCC(Sc1nnc(CC(C)c2ccccc2)o1)C(=O)OC. The summed E-state index contributed by atoms with van der Waals surface area (Å²) in [7, 11) is 1.41. The van der Waals surface area contributed by atoms with Crippen molar-refractivity contribution in [1.82, 2.24) is 10.2 Å². The highest BCUT2D eigenvalue weighted by Crippen LogP contribution is 2.28. The number of benzene rings is 1. The van der Waals surface area contributed by atoms with Crippen LogP contribution in [-0.2, 0) is 16.0 Å². The summed E-state index contributed by atoms with van der Waals surface area (Å²) in [6, 6.07) is 10.2. The third-order valence-electron chi connectivity index (χ3n) is 3.82. The molecule has 0 aliphatic rings. The topological polar surface area (TPSA) is 65.2 Å². The van der Waals surface area contributed by atoms with Gasteiger partial charge in [0.1, 0.15) is 5.25 Å². The predicted molar refractivity (Wildman–Crippen MR) is 94.0 cm³/mol. The number of ether oxygens (including phenoxy) is 1. The Morgan fingerprint density at radius 3 is 2.71 bits per heavy atom. The van der Waals surface area contributed by atoms with E-state index in [1.54, 1.807) is 0 Å². The van der Waals surface area contributed by atoms with Crippen LogP contribution in [-0.4, -0.2) is 28.5 Å². The molecule has 0 N–H and O–H groups in total. The van der Waals surface area contributed by atoms with Crippen molar-refractivity contribution in [1.29, 1.82) is 0 Å². The summed E-state index contributed by atoms with van der Waals surface area (Å²) < 4.78 is 10.6. The molecule has 0 bridgehead atoms. The van der Waals surface area contributed by atoms with E-state index >= 15 is 0 Å². The van der Waals surface area contributed by atoms with Gasteiger partial charge < -0.3 is 9.15 Å². The van der Waals surface area contributed by atoms with Gasteiger partial charge in [0.15, 0.2) is 0 Å². The van der Waals surface area contributed by atoms with Crippen LogP contribution in [0.15, 0.2) is 40.0 Å². The smallest absolute Gasteiger partial charge is 0.319 e. The number of unbranched alkanes of at least 4 members (excludes halogenated alkanes) is 1. The molecular formula is C18H24N2O3S. The van der Waals surface area contributed by atoms with Gasteiger partial charge in [-0.05, 0) is 17.9 Å². The summed E-state index contributed by atoms with van der Waals surface area (Å²) in [5.74, 6) is 0.639. The van der Waals surface area contributed by atoms with Crippen LogP contribution >= 0.6 is 11.8 Å². The zero-order chi connectivity index (χ0) is 17.4. The number of rotatable bonds is 9. The lowest BCUT2D eigenvalue weighted by Crippen LogP contribution is -2.18. The van der Waals surface area contributed by atoms with E-state index in [0.29, 0.717) is 23.5 Å². The number of nitrogens with zero attached hydrogens (tertiary/aromatic N) is 2. The van der Waals surface area contributed by atoms with Crippen molar-refractivity contribution in [3.05, 3.63) is 41.8 Å². The van der Waals surface area contributed by atoms with Crippen molar-refractivity contribution in [3.8, 4) is 0 Å². The lowest BCUT2D eigenvalue weighted by Gasteiger charge is -2.11. The number of thioether (sulfide) groups is 1. The molecule has 0 spiro atoms. The molecule has 130 valence electrons. The van der Waals surface area contributed by atoms with Crippen LogP contribution < -0.4 is 0 Å². The van der Waals surface area contributed by atoms with Gasteiger partial charge in [-0.1, -0.05) is 68.8 Å². The number of esters is 1. The second-order valence-electron chi connectivity index (χ2n) is 5.75. The minimum atomic E-state index is -0.296. The van der Waals surface area contributed by atoms with E-state index in [2.05, 4.69) is 36.2 Å². The lowest BCUT2D eigenvalue weighted by molar-refractivity contribution is -0.140. The number of hydrogen-bond donors (Lipinski definition) is 0. The molecule has 2 aromatic rings. The van der Waals surface area contributed by atoms with E-state index in [0.717, 1.165) is 19.3 Å². The van der Waals surface area contributed by atoms with E-state index < -0.39 is 0 Å². The molecule has 5 nitrogen and oxygen atoms in total. The summed E-state index contributed by atoms with van der Waals surface area (Å²) in [5, 5.41) is 8.31. The largest absolute Gasteiger partial charge is 0.468 e. The molecule has 0 radical (unpaired) electrons. The highest BCUT2D eigenvalue weighted by molar-refractivity contribution is 8.00. The zero-order valence-corrected chi connectivity index (χ0v) is 15.2. The lowest BCUT2D eigenvalue weighted by atomic mass is 9.98. The Bertz CT molecular complexity index is 630.